The van der Waals surface area contributed by atoms with Crippen LogP contribution in [-0.4, -0.2) is 49.6 Å². The van der Waals surface area contributed by atoms with Crippen molar-refractivity contribution in [1.82, 2.24) is 14.9 Å². The quantitative estimate of drug-likeness (QED) is 0.831. The van der Waals surface area contributed by atoms with Crippen LogP contribution < -0.4 is 5.32 Å². The zero-order chi connectivity index (χ0) is 19.5. The summed E-state index contributed by atoms with van der Waals surface area (Å²) in [5, 5.41) is 14.2. The summed E-state index contributed by atoms with van der Waals surface area (Å²) in [6.45, 7) is 2.57. The number of hydrogen-bond donors (Lipinski definition) is 2. The Kier molecular flexibility index (Phi) is 3.93. The number of amides is 1. The Morgan fingerprint density at radius 3 is 2.61 bits per heavy atom. The Balaban J connectivity index is 1.23. The summed E-state index contributed by atoms with van der Waals surface area (Å²) < 4.78 is 0. The number of hydrogen-bond acceptors (Lipinski definition) is 5. The number of likely N-dealkylation sites (tertiary alicyclic amines) is 1. The minimum absolute atomic E-state index is 0.0452. The van der Waals surface area contributed by atoms with E-state index in [0.717, 1.165) is 30.8 Å². The summed E-state index contributed by atoms with van der Waals surface area (Å²) >= 11 is 6.08. The molecule has 1 aromatic heterocycles. The van der Waals surface area contributed by atoms with Gasteiger partial charge in [-0.3, -0.25) is 4.79 Å². The highest BCUT2D eigenvalue weighted by Gasteiger charge is 2.60. The van der Waals surface area contributed by atoms with E-state index < -0.39 is 5.60 Å². The number of aliphatic hydroxyl groups is 1. The number of nitrogens with one attached hydrogen (secondary N) is 1. The number of nitrogens with zero attached hydrogens (tertiary/aromatic N) is 3. The van der Waals surface area contributed by atoms with E-state index in [1.807, 2.05) is 24.0 Å². The molecular weight excluding hydrogens is 376 g/mol. The third kappa shape index (κ3) is 2.95. The van der Waals surface area contributed by atoms with Gasteiger partial charge in [0.15, 0.2) is 0 Å². The number of rotatable bonds is 3. The van der Waals surface area contributed by atoms with Crippen molar-refractivity contribution in [2.24, 2.45) is 0 Å². The molecule has 0 unspecified atom stereocenters. The van der Waals surface area contributed by atoms with Crippen LogP contribution in [0.2, 0.25) is 5.02 Å². The molecule has 1 aromatic carbocycles. The van der Waals surface area contributed by atoms with Gasteiger partial charge in [0.05, 0.1) is 16.7 Å². The van der Waals surface area contributed by atoms with E-state index >= 15 is 0 Å². The summed E-state index contributed by atoms with van der Waals surface area (Å²) in [4.78, 5) is 23.4. The van der Waals surface area contributed by atoms with Crippen molar-refractivity contribution in [3.63, 3.8) is 0 Å². The Morgan fingerprint density at radius 2 is 1.96 bits per heavy atom. The fraction of sp³-hybridized carbons (Fsp3) is 0.476. The van der Waals surface area contributed by atoms with Crippen LogP contribution >= 0.6 is 11.6 Å². The molecule has 2 aromatic rings. The first-order valence-electron chi connectivity index (χ1n) is 9.74. The lowest BCUT2D eigenvalue weighted by molar-refractivity contribution is -0.165. The topological polar surface area (TPSA) is 78.3 Å². The van der Waals surface area contributed by atoms with Crippen LogP contribution in [-0.2, 0) is 12.8 Å². The third-order valence-corrected chi connectivity index (χ3v) is 6.61. The van der Waals surface area contributed by atoms with Crippen molar-refractivity contribution in [2.75, 3.05) is 11.9 Å². The van der Waals surface area contributed by atoms with Crippen molar-refractivity contribution < 1.29 is 9.90 Å². The van der Waals surface area contributed by atoms with Gasteiger partial charge in [0, 0.05) is 30.0 Å². The molecule has 0 bridgehead atoms. The molecule has 2 N–H and O–H groups in total. The zero-order valence-electron chi connectivity index (χ0n) is 15.8. The lowest BCUT2D eigenvalue weighted by atomic mass is 9.59. The van der Waals surface area contributed by atoms with E-state index in [9.17, 15) is 9.90 Å². The van der Waals surface area contributed by atoms with Gasteiger partial charge in [-0.1, -0.05) is 17.7 Å². The minimum Gasteiger partial charge on any atom is -0.390 e. The highest BCUT2D eigenvalue weighted by Crippen LogP contribution is 2.52. The molecule has 5 rings (SSSR count). The van der Waals surface area contributed by atoms with Crippen molar-refractivity contribution in [3.05, 3.63) is 52.3 Å². The van der Waals surface area contributed by atoms with E-state index in [4.69, 9.17) is 11.6 Å². The standard InChI is InChI=1S/C21H23ClN4O2/c1-20(28)11-21(12-20)4-5-26(21)18(27)15-9-23-19(24-10-15)25-17-7-13-2-3-16(22)6-14(13)8-17/h2-3,6,9-10,17,28H,4-5,7-8,11-12H2,1H3,(H,23,24,25)/t17-,20?,21?/m1/s1. The van der Waals surface area contributed by atoms with Gasteiger partial charge in [-0.25, -0.2) is 9.97 Å². The van der Waals surface area contributed by atoms with Gasteiger partial charge in [0.25, 0.3) is 5.91 Å². The molecule has 6 nitrogen and oxygen atoms in total. The molecule has 28 heavy (non-hydrogen) atoms. The summed E-state index contributed by atoms with van der Waals surface area (Å²) in [5.74, 6) is 0.488. The SMILES string of the molecule is CC1(O)CC2(CCN2C(=O)c2cnc(N[C@@H]3Cc4ccc(Cl)cc4C3)nc2)C1. The van der Waals surface area contributed by atoms with Gasteiger partial charge >= 0.3 is 0 Å². The van der Waals surface area contributed by atoms with Crippen molar-refractivity contribution in [3.8, 4) is 0 Å². The number of carbonyl (C=O) groups excluding carboxylic acids is 1. The van der Waals surface area contributed by atoms with Crippen molar-refractivity contribution >= 4 is 23.5 Å². The molecule has 1 saturated carbocycles. The van der Waals surface area contributed by atoms with Crippen LogP contribution in [0.4, 0.5) is 5.95 Å². The molecule has 1 spiro atoms. The fourth-order valence-corrected chi connectivity index (χ4v) is 5.33. The molecule has 2 heterocycles. The number of aromatic nitrogens is 2. The van der Waals surface area contributed by atoms with Crippen LogP contribution in [0, 0.1) is 0 Å². The molecule has 2 fully saturated rings. The molecule has 1 aliphatic heterocycles. The summed E-state index contributed by atoms with van der Waals surface area (Å²) in [7, 11) is 0. The lowest BCUT2D eigenvalue weighted by Crippen LogP contribution is -2.72. The molecule has 1 atom stereocenters. The Bertz CT molecular complexity index is 936. The number of anilines is 1. The van der Waals surface area contributed by atoms with E-state index in [-0.39, 0.29) is 17.5 Å². The summed E-state index contributed by atoms with van der Waals surface area (Å²) in [5.41, 5.74) is 2.25. The molecule has 0 radical (unpaired) electrons. The van der Waals surface area contributed by atoms with E-state index in [1.165, 1.54) is 11.1 Å². The molecule has 2 aliphatic carbocycles. The predicted octanol–water partition coefficient (Wildman–Crippen LogP) is 2.84. The zero-order valence-corrected chi connectivity index (χ0v) is 16.5. The Hall–Kier alpha value is -2.18. The largest absolute Gasteiger partial charge is 0.390 e. The first kappa shape index (κ1) is 17.9. The lowest BCUT2D eigenvalue weighted by Gasteiger charge is -2.63. The predicted molar refractivity (Wildman–Crippen MR) is 107 cm³/mol. The Labute approximate surface area is 168 Å². The van der Waals surface area contributed by atoms with Crippen LogP contribution in [0.25, 0.3) is 0 Å². The highest BCUT2D eigenvalue weighted by atomic mass is 35.5. The van der Waals surface area contributed by atoms with Crippen molar-refractivity contribution in [2.45, 2.75) is 56.2 Å². The van der Waals surface area contributed by atoms with Crippen molar-refractivity contribution in [1.29, 1.82) is 0 Å². The van der Waals surface area contributed by atoms with Gasteiger partial charge in [-0.15, -0.1) is 0 Å². The van der Waals surface area contributed by atoms with Gasteiger partial charge in [0.1, 0.15) is 0 Å². The van der Waals surface area contributed by atoms with Gasteiger partial charge in [0.2, 0.25) is 5.95 Å². The van der Waals surface area contributed by atoms with E-state index in [2.05, 4.69) is 21.4 Å². The maximum atomic E-state index is 12.8. The molecule has 7 heteroatoms. The Morgan fingerprint density at radius 1 is 1.25 bits per heavy atom. The van der Waals surface area contributed by atoms with Crippen LogP contribution in [0.3, 0.4) is 0 Å². The fourth-order valence-electron chi connectivity index (χ4n) is 5.13. The first-order valence-corrected chi connectivity index (χ1v) is 10.1. The molecule has 146 valence electrons. The second kappa shape index (κ2) is 6.16. The third-order valence-electron chi connectivity index (χ3n) is 6.37. The summed E-state index contributed by atoms with van der Waals surface area (Å²) in [6, 6.07) is 6.24. The highest BCUT2D eigenvalue weighted by molar-refractivity contribution is 6.30. The average molecular weight is 399 g/mol. The van der Waals surface area contributed by atoms with E-state index in [1.54, 1.807) is 12.4 Å². The van der Waals surface area contributed by atoms with Crippen LogP contribution in [0.15, 0.2) is 30.6 Å². The second-order valence-electron chi connectivity index (χ2n) is 8.74. The summed E-state index contributed by atoms with van der Waals surface area (Å²) in [6.07, 6.45) is 7.25. The number of halogens is 1. The van der Waals surface area contributed by atoms with Crippen LogP contribution in [0.5, 0.6) is 0 Å². The number of fused-ring (bicyclic) bond motifs is 1. The van der Waals surface area contributed by atoms with Gasteiger partial charge < -0.3 is 15.3 Å². The molecule has 3 aliphatic rings. The van der Waals surface area contributed by atoms with E-state index in [0.29, 0.717) is 24.4 Å². The second-order valence-corrected chi connectivity index (χ2v) is 9.18. The average Bonchev–Trinajstić information content (AvgIpc) is 3.00. The maximum Gasteiger partial charge on any atom is 0.257 e. The monoisotopic (exact) mass is 398 g/mol. The molecule has 1 amide bonds. The molecular formula is C21H23ClN4O2. The normalized spacial score (nSPS) is 30.5. The van der Waals surface area contributed by atoms with Crippen LogP contribution in [0.1, 0.15) is 47.7 Å². The maximum absolute atomic E-state index is 12.8. The first-order chi connectivity index (χ1) is 13.3. The minimum atomic E-state index is -0.647. The smallest absolute Gasteiger partial charge is 0.257 e. The number of benzene rings is 1. The van der Waals surface area contributed by atoms with Gasteiger partial charge in [-0.2, -0.15) is 0 Å². The molecule has 1 saturated heterocycles. The number of carbonyl (C=O) groups is 1. The van der Waals surface area contributed by atoms with Gasteiger partial charge in [-0.05, 0) is 62.3 Å².